The van der Waals surface area contributed by atoms with E-state index >= 15 is 0 Å². The fraction of sp³-hybridized carbons (Fsp3) is 0.300. The van der Waals surface area contributed by atoms with Gasteiger partial charge in [-0.1, -0.05) is 46.3 Å². The Morgan fingerprint density at radius 3 is 2.46 bits per heavy atom. The number of halogens is 3. The Balaban J connectivity index is 0.000000243. The van der Waals surface area contributed by atoms with Crippen LogP contribution < -0.4 is 20.1 Å². The largest absolute Gasteiger partial charge is 0.490 e. The number of carboxylic acid groups (broad SMARTS) is 1. The number of carboxylic acids is 1. The maximum atomic E-state index is 13.2. The molecule has 1 aliphatic heterocycles. The molecule has 0 spiro atoms. The van der Waals surface area contributed by atoms with E-state index in [1.807, 2.05) is 30.3 Å². The van der Waals surface area contributed by atoms with Gasteiger partial charge in [0.05, 0.1) is 10.0 Å². The zero-order valence-electron chi connectivity index (χ0n) is 21.4. The monoisotopic (exact) mass is 660 g/mol. The van der Waals surface area contributed by atoms with Gasteiger partial charge in [0.25, 0.3) is 0 Å². The predicted octanol–water partition coefficient (Wildman–Crippen LogP) is 6.58. The van der Waals surface area contributed by atoms with Crippen LogP contribution in [0.4, 0.5) is 4.39 Å². The molecule has 39 heavy (non-hydrogen) atoms. The Hall–Kier alpha value is -2.72. The molecule has 0 unspecified atom stereocenters. The molecule has 1 heterocycles. The summed E-state index contributed by atoms with van der Waals surface area (Å²) in [6.07, 6.45) is 3.38. The lowest BCUT2D eigenvalue weighted by Gasteiger charge is -2.19. The minimum Gasteiger partial charge on any atom is -0.490 e. The van der Waals surface area contributed by atoms with Gasteiger partial charge in [0.2, 0.25) is 0 Å². The number of hydrogen-bond acceptors (Lipinski definition) is 5. The summed E-state index contributed by atoms with van der Waals surface area (Å²) in [5.74, 6) is -0.170. The predicted molar refractivity (Wildman–Crippen MR) is 158 cm³/mol. The lowest BCUT2D eigenvalue weighted by Crippen LogP contribution is -2.28. The van der Waals surface area contributed by atoms with Crippen LogP contribution in [0.5, 0.6) is 11.5 Å². The van der Waals surface area contributed by atoms with E-state index in [0.717, 1.165) is 30.3 Å². The molecule has 6 nitrogen and oxygen atoms in total. The molecule has 0 amide bonds. The maximum Gasteiger partial charge on any atom is 0.333 e. The highest BCUT2D eigenvalue weighted by Crippen LogP contribution is 2.27. The van der Waals surface area contributed by atoms with Crippen LogP contribution in [0.15, 0.2) is 81.2 Å². The lowest BCUT2D eigenvalue weighted by atomic mass is 9.94. The van der Waals surface area contributed by atoms with Crippen LogP contribution in [0.1, 0.15) is 30.4 Å². The molecule has 206 valence electrons. The highest BCUT2D eigenvalue weighted by atomic mass is 79.9. The minimum atomic E-state index is -0.891. The fourth-order valence-electron chi connectivity index (χ4n) is 4.04. The molecule has 0 aromatic heterocycles. The molecular formula is C30H31Br2FN2O4. The third kappa shape index (κ3) is 9.17. The molecule has 1 aliphatic carbocycles. The second-order valence-electron chi connectivity index (χ2n) is 9.23. The maximum absolute atomic E-state index is 13.2. The number of carbonyl (C=O) groups is 1. The van der Waals surface area contributed by atoms with Gasteiger partial charge in [-0.15, -0.1) is 0 Å². The quantitative estimate of drug-likeness (QED) is 0.213. The van der Waals surface area contributed by atoms with Crippen molar-refractivity contribution in [3.8, 4) is 11.5 Å². The smallest absolute Gasteiger partial charge is 0.333 e. The van der Waals surface area contributed by atoms with Gasteiger partial charge in [0.1, 0.15) is 30.5 Å². The van der Waals surface area contributed by atoms with Crippen molar-refractivity contribution in [2.75, 3.05) is 26.3 Å². The molecule has 1 saturated carbocycles. The van der Waals surface area contributed by atoms with Gasteiger partial charge in [0, 0.05) is 29.7 Å². The average molecular weight is 662 g/mol. The van der Waals surface area contributed by atoms with E-state index < -0.39 is 5.97 Å². The normalized spacial score (nSPS) is 14.8. The van der Waals surface area contributed by atoms with Crippen LogP contribution in [0.25, 0.3) is 5.57 Å². The van der Waals surface area contributed by atoms with Crippen LogP contribution in [0, 0.1) is 5.82 Å². The summed E-state index contributed by atoms with van der Waals surface area (Å²) in [7, 11) is 0. The molecule has 0 bridgehead atoms. The van der Waals surface area contributed by atoms with Gasteiger partial charge in [-0.2, -0.15) is 0 Å². The van der Waals surface area contributed by atoms with E-state index in [9.17, 15) is 14.3 Å². The van der Waals surface area contributed by atoms with E-state index in [-0.39, 0.29) is 12.4 Å². The molecule has 0 atom stereocenters. The van der Waals surface area contributed by atoms with E-state index in [4.69, 9.17) is 9.47 Å². The van der Waals surface area contributed by atoms with Crippen molar-refractivity contribution >= 4 is 43.4 Å². The van der Waals surface area contributed by atoms with E-state index in [2.05, 4.69) is 60.7 Å². The standard InChI is InChI=1S/C20H19BrFNO4.C10H12BrN/c21-18-6-3-14(22)11-19(18)27-10-9-26-15-4-1-13(2-5-15)16-7-8-23-12-17(16)20(24)25;11-10-4-2-1-3-8(10)7-12-9-5-6-9/h1-6,11,23H,7-10,12H2,(H,24,25);1-4,9,12H,5-7H2. The molecule has 1 fully saturated rings. The average Bonchev–Trinajstić information content (AvgIpc) is 3.78. The first-order chi connectivity index (χ1) is 18.9. The lowest BCUT2D eigenvalue weighted by molar-refractivity contribution is -0.132. The van der Waals surface area contributed by atoms with Crippen molar-refractivity contribution in [2.45, 2.75) is 31.8 Å². The fourth-order valence-corrected chi connectivity index (χ4v) is 4.83. The first kappa shape index (κ1) is 29.3. The number of benzene rings is 3. The highest BCUT2D eigenvalue weighted by Gasteiger charge is 2.20. The first-order valence-electron chi connectivity index (χ1n) is 12.8. The summed E-state index contributed by atoms with van der Waals surface area (Å²) >= 11 is 6.83. The topological polar surface area (TPSA) is 79.8 Å². The van der Waals surface area contributed by atoms with E-state index in [1.54, 1.807) is 6.07 Å². The van der Waals surface area contributed by atoms with E-state index in [0.29, 0.717) is 41.1 Å². The molecule has 9 heteroatoms. The molecule has 5 rings (SSSR count). The third-order valence-corrected chi connectivity index (χ3v) is 7.73. The Labute approximate surface area is 244 Å². The zero-order valence-corrected chi connectivity index (χ0v) is 24.6. The van der Waals surface area contributed by atoms with Crippen LogP contribution in [-0.2, 0) is 11.3 Å². The third-order valence-electron chi connectivity index (χ3n) is 6.30. The van der Waals surface area contributed by atoms with Gasteiger partial charge >= 0.3 is 5.97 Å². The second-order valence-corrected chi connectivity index (χ2v) is 10.9. The highest BCUT2D eigenvalue weighted by molar-refractivity contribution is 9.10. The number of aliphatic carboxylic acids is 1. The van der Waals surface area contributed by atoms with Crippen LogP contribution in [0.2, 0.25) is 0 Å². The SMILES string of the molecule is Brc1ccccc1CNC1CC1.O=C(O)C1=C(c2ccc(OCCOc3cc(F)ccc3Br)cc2)CCNC1. The summed E-state index contributed by atoms with van der Waals surface area (Å²) in [6, 6.07) is 20.7. The van der Waals surface area contributed by atoms with Crippen LogP contribution >= 0.6 is 31.9 Å². The minimum absolute atomic E-state index is 0.268. The summed E-state index contributed by atoms with van der Waals surface area (Å²) in [4.78, 5) is 11.4. The van der Waals surface area contributed by atoms with Crippen LogP contribution in [0.3, 0.4) is 0 Å². The molecule has 3 aromatic rings. The summed E-state index contributed by atoms with van der Waals surface area (Å²) < 4.78 is 26.2. The van der Waals surface area contributed by atoms with Gasteiger partial charge in [-0.25, -0.2) is 9.18 Å². The van der Waals surface area contributed by atoms with E-state index in [1.165, 1.54) is 35.0 Å². The zero-order chi connectivity index (χ0) is 27.6. The molecule has 3 N–H and O–H groups in total. The van der Waals surface area contributed by atoms with Gasteiger partial charge in [-0.3, -0.25) is 0 Å². The Morgan fingerprint density at radius 1 is 1.00 bits per heavy atom. The van der Waals surface area contributed by atoms with Crippen LogP contribution in [-0.4, -0.2) is 43.4 Å². The van der Waals surface area contributed by atoms with Crippen molar-refractivity contribution in [1.29, 1.82) is 0 Å². The molecule has 0 saturated heterocycles. The number of rotatable bonds is 10. The van der Waals surface area contributed by atoms with Crippen molar-refractivity contribution in [3.05, 3.63) is 98.2 Å². The molecule has 0 radical (unpaired) electrons. The Morgan fingerprint density at radius 2 is 1.74 bits per heavy atom. The Bertz CT molecular complexity index is 1300. The number of ether oxygens (including phenoxy) is 2. The van der Waals surface area contributed by atoms with Crippen molar-refractivity contribution in [2.24, 2.45) is 0 Å². The first-order valence-corrected chi connectivity index (χ1v) is 14.4. The number of hydrogen-bond donors (Lipinski definition) is 3. The summed E-state index contributed by atoms with van der Waals surface area (Å²) in [5, 5.41) is 15.9. The van der Waals surface area contributed by atoms with Gasteiger partial charge < -0.3 is 25.2 Å². The van der Waals surface area contributed by atoms with Gasteiger partial charge in [-0.05, 0) is 88.8 Å². The Kier molecular flexibility index (Phi) is 11.0. The summed E-state index contributed by atoms with van der Waals surface area (Å²) in [5.41, 5.74) is 3.50. The van der Waals surface area contributed by atoms with Gasteiger partial charge in [0.15, 0.2) is 0 Å². The van der Waals surface area contributed by atoms with Crippen molar-refractivity contribution < 1.29 is 23.8 Å². The van der Waals surface area contributed by atoms with Crippen molar-refractivity contribution in [1.82, 2.24) is 10.6 Å². The molecular weight excluding hydrogens is 631 g/mol. The molecule has 3 aromatic carbocycles. The van der Waals surface area contributed by atoms with Crippen molar-refractivity contribution in [3.63, 3.8) is 0 Å². The number of nitrogens with one attached hydrogen (secondary N) is 2. The molecule has 2 aliphatic rings. The second kappa shape index (κ2) is 14.6. The summed E-state index contributed by atoms with van der Waals surface area (Å²) in [6.45, 7) is 2.69.